The van der Waals surface area contributed by atoms with Gasteiger partial charge in [-0.15, -0.1) is 5.10 Å². The van der Waals surface area contributed by atoms with Crippen molar-refractivity contribution in [3.05, 3.63) is 76.1 Å². The van der Waals surface area contributed by atoms with Crippen LogP contribution in [0.3, 0.4) is 0 Å². The number of aromatic nitrogens is 3. The molecule has 0 bridgehead atoms. The number of carbonyl (C=O) groups excluding carboxylic acids is 3. The molecule has 3 heterocycles. The minimum absolute atomic E-state index is 0.0334. The van der Waals surface area contributed by atoms with Crippen LogP contribution in [-0.4, -0.2) is 125 Å². The average molecular weight is 923 g/mol. The van der Waals surface area contributed by atoms with Crippen LogP contribution < -0.4 is 16.0 Å². The van der Waals surface area contributed by atoms with Crippen molar-refractivity contribution in [3.8, 4) is 5.75 Å². The number of aliphatic hydroxyl groups is 3. The van der Waals surface area contributed by atoms with Crippen LogP contribution in [0.25, 0.3) is 0 Å². The zero-order valence-electron chi connectivity index (χ0n) is 38.8. The van der Waals surface area contributed by atoms with E-state index in [4.69, 9.17) is 18.9 Å². The fourth-order valence-electron chi connectivity index (χ4n) is 9.13. The van der Waals surface area contributed by atoms with Gasteiger partial charge in [0.15, 0.2) is 11.4 Å². The molecule has 1 aromatic heterocycles. The Balaban J connectivity index is 1.22. The van der Waals surface area contributed by atoms with Crippen molar-refractivity contribution >= 4 is 23.9 Å². The van der Waals surface area contributed by atoms with E-state index >= 15 is 0 Å². The van der Waals surface area contributed by atoms with Gasteiger partial charge in [-0.25, -0.2) is 14.3 Å². The van der Waals surface area contributed by atoms with Crippen LogP contribution in [0.5, 0.6) is 5.75 Å². The monoisotopic (exact) mass is 922 g/mol. The molecule has 3 aromatic rings. The van der Waals surface area contributed by atoms with Crippen LogP contribution in [0.4, 0.5) is 4.79 Å². The van der Waals surface area contributed by atoms with E-state index < -0.39 is 103 Å². The molecular weight excluding hydrogens is 857 g/mol. The van der Waals surface area contributed by atoms with Gasteiger partial charge in [-0.2, -0.15) is 0 Å². The number of benzene rings is 2. The normalized spacial score (nSPS) is 25.4. The summed E-state index contributed by atoms with van der Waals surface area (Å²) >= 11 is 0. The van der Waals surface area contributed by atoms with Crippen molar-refractivity contribution in [2.75, 3.05) is 13.1 Å². The molecule has 0 radical (unpaired) electrons. The fourth-order valence-corrected chi connectivity index (χ4v) is 9.13. The number of carboxylic acid groups (broad SMARTS) is 1. The molecule has 2 aromatic carbocycles. The van der Waals surface area contributed by atoms with Crippen molar-refractivity contribution in [1.29, 1.82) is 0 Å². The number of ether oxygens (including phenoxy) is 4. The number of phenols is 1. The van der Waals surface area contributed by atoms with Gasteiger partial charge >= 0.3 is 12.1 Å². The van der Waals surface area contributed by atoms with Gasteiger partial charge in [-0.3, -0.25) is 9.59 Å². The van der Waals surface area contributed by atoms with Gasteiger partial charge in [0, 0.05) is 56.1 Å². The standard InChI is InChI=1S/C47H66N6O13/c1-26-16-31(17-27(2)38(26)57)42(59)49-23-35(55)39(58)41-32(22-48-37(56)25-53-24-33(51-52-53)29-13-9-8-10-14-29)34(54)19-47(65-41,43(60)61)20-36-40(64-46(6,7)63-36)30-15-11-12-28(18-30)21-50-44(62)66-45(3,4)5/h11-12,15-18,24,29,32,34-36,39-41,54-55,57-58H,8-10,13-14,19-23,25H2,1-7H3,(H,48,56)(H,49,59)(H,50,62)(H,60,61)/t32?,34-,35?,36-,39+,40-,41+,47-/m0/s1. The topological polar surface area (TPSA) is 273 Å². The first-order valence-electron chi connectivity index (χ1n) is 22.6. The Bertz CT molecular complexity index is 2180. The van der Waals surface area contributed by atoms with E-state index in [-0.39, 0.29) is 36.9 Å². The number of aliphatic carboxylic acids is 1. The number of carbonyl (C=O) groups is 4. The molecule has 19 nitrogen and oxygen atoms in total. The molecule has 2 saturated heterocycles. The van der Waals surface area contributed by atoms with Gasteiger partial charge in [-0.05, 0) is 95.7 Å². The second-order valence-corrected chi connectivity index (χ2v) is 19.4. The average Bonchev–Trinajstić information content (AvgIpc) is 3.85. The summed E-state index contributed by atoms with van der Waals surface area (Å²) in [7, 11) is 0. The van der Waals surface area contributed by atoms with E-state index in [1.165, 1.54) is 23.2 Å². The number of aryl methyl sites for hydroxylation is 2. The van der Waals surface area contributed by atoms with E-state index in [2.05, 4.69) is 26.3 Å². The lowest BCUT2D eigenvalue weighted by Crippen LogP contribution is -2.63. The van der Waals surface area contributed by atoms with Gasteiger partial charge in [0.25, 0.3) is 5.91 Å². The lowest BCUT2D eigenvalue weighted by atomic mass is 9.76. The Morgan fingerprint density at radius 3 is 2.33 bits per heavy atom. The molecule has 3 amide bonds. The summed E-state index contributed by atoms with van der Waals surface area (Å²) < 4.78 is 25.9. The molecule has 2 unspecified atom stereocenters. The van der Waals surface area contributed by atoms with Gasteiger partial charge < -0.3 is 60.4 Å². The molecule has 362 valence electrons. The smallest absolute Gasteiger partial charge is 0.407 e. The Hall–Kier alpha value is -5.18. The molecule has 0 spiro atoms. The number of rotatable bonds is 16. The van der Waals surface area contributed by atoms with Gasteiger partial charge in [0.1, 0.15) is 30.1 Å². The number of amides is 3. The highest BCUT2D eigenvalue weighted by Gasteiger charge is 2.57. The Labute approximate surface area is 384 Å². The summed E-state index contributed by atoms with van der Waals surface area (Å²) in [6, 6.07) is 10.1. The van der Waals surface area contributed by atoms with Crippen LogP contribution in [0.2, 0.25) is 0 Å². The van der Waals surface area contributed by atoms with Crippen molar-refractivity contribution in [3.63, 3.8) is 0 Å². The maximum Gasteiger partial charge on any atom is 0.407 e. The molecule has 3 fully saturated rings. The minimum atomic E-state index is -2.23. The molecule has 2 aliphatic heterocycles. The first-order valence-corrected chi connectivity index (χ1v) is 22.6. The predicted octanol–water partition coefficient (Wildman–Crippen LogP) is 3.81. The Kier molecular flexibility index (Phi) is 15.8. The second-order valence-electron chi connectivity index (χ2n) is 19.4. The third kappa shape index (κ3) is 12.6. The minimum Gasteiger partial charge on any atom is -0.507 e. The first-order chi connectivity index (χ1) is 31.0. The molecule has 19 heteroatoms. The van der Waals surface area contributed by atoms with E-state index in [0.29, 0.717) is 22.3 Å². The molecular formula is C47H66N6O13. The number of phenolic OH excluding ortho intramolecular Hbond substituents is 1. The van der Waals surface area contributed by atoms with E-state index in [1.807, 2.05) is 0 Å². The number of hydrogen-bond acceptors (Lipinski definition) is 14. The fraction of sp³-hybridized carbons (Fsp3) is 0.617. The Morgan fingerprint density at radius 1 is 0.970 bits per heavy atom. The summed E-state index contributed by atoms with van der Waals surface area (Å²) in [5.74, 6) is -4.65. The largest absolute Gasteiger partial charge is 0.507 e. The maximum atomic E-state index is 13.5. The van der Waals surface area contributed by atoms with Crippen molar-refractivity contribution < 1.29 is 63.7 Å². The third-order valence-electron chi connectivity index (χ3n) is 12.4. The van der Waals surface area contributed by atoms with Crippen LogP contribution in [0, 0.1) is 19.8 Å². The van der Waals surface area contributed by atoms with E-state index in [1.54, 1.807) is 78.9 Å². The zero-order chi connectivity index (χ0) is 48.1. The number of carboxylic acids is 1. The second kappa shape index (κ2) is 20.8. The molecule has 66 heavy (non-hydrogen) atoms. The maximum absolute atomic E-state index is 13.5. The first kappa shape index (κ1) is 50.2. The number of aliphatic hydroxyl groups excluding tert-OH is 3. The summed E-state index contributed by atoms with van der Waals surface area (Å²) in [6.45, 7) is 11.0. The van der Waals surface area contributed by atoms with E-state index in [9.17, 15) is 44.7 Å². The third-order valence-corrected chi connectivity index (χ3v) is 12.4. The Morgan fingerprint density at radius 2 is 1.67 bits per heavy atom. The highest BCUT2D eigenvalue weighted by Crippen LogP contribution is 2.46. The van der Waals surface area contributed by atoms with Gasteiger partial charge in [-0.1, -0.05) is 48.7 Å². The van der Waals surface area contributed by atoms with Gasteiger partial charge in [0.2, 0.25) is 5.91 Å². The summed E-state index contributed by atoms with van der Waals surface area (Å²) in [6.07, 6.45) is -3.02. The quantitative estimate of drug-likeness (QED) is 0.102. The SMILES string of the molecule is Cc1cc(C(=O)NCC(O)[C@@H](O)[C@@H]2O[C@@](C[C@@H]3OC(C)(C)O[C@H]3c3cccc(CNC(=O)OC(C)(C)C)c3)(C(=O)O)C[C@H](O)C2CNC(=O)Cn2cc(C3CCCCC3)nn2)cc(C)c1O. The summed E-state index contributed by atoms with van der Waals surface area (Å²) in [5, 5.41) is 72.8. The molecule has 1 aliphatic carbocycles. The number of aromatic hydroxyl groups is 1. The van der Waals surface area contributed by atoms with Crippen molar-refractivity contribution in [2.45, 2.75) is 166 Å². The van der Waals surface area contributed by atoms with Crippen LogP contribution in [0.1, 0.15) is 130 Å². The van der Waals surface area contributed by atoms with Crippen LogP contribution in [-0.2, 0) is 41.6 Å². The molecule has 1 saturated carbocycles. The molecule has 8 N–H and O–H groups in total. The van der Waals surface area contributed by atoms with Gasteiger partial charge in [0.05, 0.1) is 30.1 Å². The molecule has 6 rings (SSSR count). The predicted molar refractivity (Wildman–Crippen MR) is 237 cm³/mol. The summed E-state index contributed by atoms with van der Waals surface area (Å²) in [5.41, 5.74) is 0.294. The highest BCUT2D eigenvalue weighted by molar-refractivity contribution is 5.95. The number of alkyl carbamates (subject to hydrolysis) is 1. The number of nitrogens with one attached hydrogen (secondary N) is 3. The molecule has 3 aliphatic rings. The highest BCUT2D eigenvalue weighted by atomic mass is 16.8. The molecule has 8 atom stereocenters. The number of hydrogen-bond donors (Lipinski definition) is 8. The van der Waals surface area contributed by atoms with Crippen LogP contribution in [0.15, 0.2) is 42.6 Å². The van der Waals surface area contributed by atoms with Crippen LogP contribution >= 0.6 is 0 Å². The van der Waals surface area contributed by atoms with Crippen molar-refractivity contribution in [2.24, 2.45) is 5.92 Å². The lowest BCUT2D eigenvalue weighted by Gasteiger charge is -2.48. The zero-order valence-corrected chi connectivity index (χ0v) is 38.8. The van der Waals surface area contributed by atoms with Crippen molar-refractivity contribution in [1.82, 2.24) is 30.9 Å². The number of nitrogens with zero attached hydrogens (tertiary/aromatic N) is 3. The lowest BCUT2D eigenvalue weighted by molar-refractivity contribution is -0.245. The summed E-state index contributed by atoms with van der Waals surface area (Å²) in [4.78, 5) is 52.4. The van der Waals surface area contributed by atoms with E-state index in [0.717, 1.165) is 31.4 Å².